The van der Waals surface area contributed by atoms with Crippen LogP contribution in [0.4, 0.5) is 0 Å². The van der Waals surface area contributed by atoms with Crippen molar-refractivity contribution in [3.63, 3.8) is 0 Å². The molecule has 0 heterocycles. The molecule has 84 valence electrons. The van der Waals surface area contributed by atoms with Gasteiger partial charge in [0.25, 0.3) is 0 Å². The van der Waals surface area contributed by atoms with E-state index in [0.717, 1.165) is 5.54 Å². The first kappa shape index (κ1) is 13.8. The summed E-state index contributed by atoms with van der Waals surface area (Å²) in [5.41, 5.74) is 3.39. The monoisotopic (exact) mass is 213 g/mol. The quantitative estimate of drug-likeness (QED) is 0.647. The van der Waals surface area contributed by atoms with Crippen LogP contribution in [0.25, 0.3) is 0 Å². The van der Waals surface area contributed by atoms with Gasteiger partial charge in [0.2, 0.25) is 0 Å². The van der Waals surface area contributed by atoms with Crippen LogP contribution in [-0.2, 0) is 0 Å². The third-order valence-electron chi connectivity index (χ3n) is 2.85. The zero-order valence-corrected chi connectivity index (χ0v) is 12.1. The summed E-state index contributed by atoms with van der Waals surface area (Å²) in [5, 5.41) is 0.502. The molecular formula is C12H27NSi. The molecule has 0 aliphatic rings. The molecule has 0 saturated heterocycles. The number of nitrogens with zero attached hydrogens (tertiary/aromatic N) is 1. The summed E-state index contributed by atoms with van der Waals surface area (Å²) >= 11 is 0. The van der Waals surface area contributed by atoms with Gasteiger partial charge in [0.15, 0.2) is 0 Å². The highest BCUT2D eigenvalue weighted by Gasteiger charge is 2.27. The van der Waals surface area contributed by atoms with E-state index in [9.17, 15) is 0 Å². The summed E-state index contributed by atoms with van der Waals surface area (Å²) in [4.78, 5) is 2.15. The molecule has 0 aromatic carbocycles. The molecule has 1 nitrogen and oxygen atoms in total. The number of hydrogen-bond acceptors (Lipinski definition) is 1. The van der Waals surface area contributed by atoms with E-state index in [1.165, 1.54) is 6.42 Å². The molecule has 0 aliphatic heterocycles. The van der Waals surface area contributed by atoms with Crippen molar-refractivity contribution in [3.05, 3.63) is 11.9 Å². The fraction of sp³-hybridized carbons (Fsp3) is 0.833. The lowest BCUT2D eigenvalue weighted by atomic mass is 10.2. The molecule has 0 spiro atoms. The Balaban J connectivity index is 4.57. The summed E-state index contributed by atoms with van der Waals surface area (Å²) in [6, 6.07) is 0. The van der Waals surface area contributed by atoms with Crippen LogP contribution in [0.15, 0.2) is 11.9 Å². The first-order valence-electron chi connectivity index (χ1n) is 5.63. The van der Waals surface area contributed by atoms with Crippen molar-refractivity contribution in [1.82, 2.24) is 4.90 Å². The van der Waals surface area contributed by atoms with E-state index in [1.54, 1.807) is 0 Å². The molecule has 0 aliphatic carbocycles. The highest BCUT2D eigenvalue weighted by Crippen LogP contribution is 2.35. The first-order valence-corrected chi connectivity index (χ1v) is 7.54. The molecular weight excluding hydrogens is 186 g/mol. The van der Waals surface area contributed by atoms with Gasteiger partial charge in [-0.2, -0.15) is 0 Å². The van der Waals surface area contributed by atoms with E-state index >= 15 is 0 Å². The van der Waals surface area contributed by atoms with E-state index in [0.29, 0.717) is 5.04 Å². The maximum absolute atomic E-state index is 2.49. The largest absolute Gasteiger partial charge is 0.384 e. The predicted molar refractivity (Wildman–Crippen MR) is 69.4 cm³/mol. The van der Waals surface area contributed by atoms with Gasteiger partial charge < -0.3 is 4.90 Å². The molecule has 2 atom stereocenters. The Morgan fingerprint density at radius 1 is 1.29 bits per heavy atom. The van der Waals surface area contributed by atoms with Gasteiger partial charge in [-0.25, -0.2) is 0 Å². The Hall–Kier alpha value is -0.243. The van der Waals surface area contributed by atoms with Gasteiger partial charge in [0.1, 0.15) is 0 Å². The minimum absolute atomic E-state index is 0.502. The standard InChI is InChI=1S/C12H27NSi/c1-8-11(2)14(12(3,4)5)10-9-13(6)7/h9-11,14H,8H2,1-7H3. The van der Waals surface area contributed by atoms with E-state index in [4.69, 9.17) is 0 Å². The Morgan fingerprint density at radius 3 is 2.07 bits per heavy atom. The van der Waals surface area contributed by atoms with Crippen LogP contribution in [0.5, 0.6) is 0 Å². The summed E-state index contributed by atoms with van der Waals surface area (Å²) in [6.07, 6.45) is 3.56. The normalized spacial score (nSPS) is 17.1. The van der Waals surface area contributed by atoms with Crippen molar-refractivity contribution in [1.29, 1.82) is 0 Å². The van der Waals surface area contributed by atoms with Crippen LogP contribution in [-0.4, -0.2) is 27.8 Å². The van der Waals surface area contributed by atoms with Crippen LogP contribution < -0.4 is 0 Å². The average molecular weight is 213 g/mol. The van der Waals surface area contributed by atoms with Gasteiger partial charge in [-0.15, -0.1) is 0 Å². The lowest BCUT2D eigenvalue weighted by Crippen LogP contribution is -2.28. The Labute approximate surface area is 91.8 Å². The third-order valence-corrected chi connectivity index (χ3v) is 7.13. The van der Waals surface area contributed by atoms with Crippen molar-refractivity contribution >= 4 is 8.80 Å². The zero-order valence-electron chi connectivity index (χ0n) is 11.0. The van der Waals surface area contributed by atoms with Crippen molar-refractivity contribution in [2.45, 2.75) is 51.6 Å². The van der Waals surface area contributed by atoms with Crippen molar-refractivity contribution in [2.75, 3.05) is 14.1 Å². The Morgan fingerprint density at radius 2 is 1.79 bits per heavy atom. The molecule has 0 fully saturated rings. The van der Waals surface area contributed by atoms with Crippen LogP contribution >= 0.6 is 0 Å². The van der Waals surface area contributed by atoms with Gasteiger partial charge in [-0.05, 0) is 16.8 Å². The number of rotatable bonds is 4. The second-order valence-electron chi connectivity index (χ2n) is 5.58. The second-order valence-corrected chi connectivity index (χ2v) is 9.89. The highest BCUT2D eigenvalue weighted by molar-refractivity contribution is 6.68. The highest BCUT2D eigenvalue weighted by atomic mass is 28.3. The zero-order chi connectivity index (χ0) is 11.4. The molecule has 0 N–H and O–H groups in total. The molecule has 0 saturated carbocycles. The van der Waals surface area contributed by atoms with Crippen LogP contribution in [0, 0.1) is 0 Å². The third kappa shape index (κ3) is 4.84. The van der Waals surface area contributed by atoms with Crippen molar-refractivity contribution in [2.24, 2.45) is 0 Å². The predicted octanol–water partition coefficient (Wildman–Crippen LogP) is 3.43. The van der Waals surface area contributed by atoms with Crippen molar-refractivity contribution in [3.8, 4) is 0 Å². The van der Waals surface area contributed by atoms with Gasteiger partial charge >= 0.3 is 0 Å². The van der Waals surface area contributed by atoms with E-state index < -0.39 is 8.80 Å². The van der Waals surface area contributed by atoms with Gasteiger partial charge in [0, 0.05) is 14.1 Å². The molecule has 0 aromatic rings. The Bertz CT molecular complexity index is 179. The second kappa shape index (κ2) is 5.59. The van der Waals surface area contributed by atoms with E-state index in [2.05, 4.69) is 65.5 Å². The molecule has 0 aromatic heterocycles. The lowest BCUT2D eigenvalue weighted by molar-refractivity contribution is 0.563. The lowest BCUT2D eigenvalue weighted by Gasteiger charge is -2.31. The summed E-state index contributed by atoms with van der Waals surface area (Å²) in [5.74, 6) is 0. The molecule has 14 heavy (non-hydrogen) atoms. The van der Waals surface area contributed by atoms with Gasteiger partial charge in [-0.1, -0.05) is 46.7 Å². The fourth-order valence-corrected chi connectivity index (χ4v) is 5.55. The fourth-order valence-electron chi connectivity index (χ4n) is 1.85. The van der Waals surface area contributed by atoms with Crippen LogP contribution in [0.2, 0.25) is 10.6 Å². The summed E-state index contributed by atoms with van der Waals surface area (Å²) < 4.78 is 0. The molecule has 0 rings (SSSR count). The van der Waals surface area contributed by atoms with Crippen LogP contribution in [0.3, 0.4) is 0 Å². The maximum atomic E-state index is 2.49. The maximum Gasteiger partial charge on any atom is 0.0714 e. The minimum Gasteiger partial charge on any atom is -0.384 e. The van der Waals surface area contributed by atoms with Crippen LogP contribution in [0.1, 0.15) is 41.0 Å². The van der Waals surface area contributed by atoms with E-state index in [1.807, 2.05) is 0 Å². The molecule has 2 unspecified atom stereocenters. The SMILES string of the molecule is CCC(C)[SiH](C=CN(C)C)C(C)(C)C. The summed E-state index contributed by atoms with van der Waals surface area (Å²) in [6.45, 7) is 11.9. The molecule has 0 amide bonds. The first-order chi connectivity index (χ1) is 6.29. The van der Waals surface area contributed by atoms with Gasteiger partial charge in [-0.3, -0.25) is 0 Å². The summed E-state index contributed by atoms with van der Waals surface area (Å²) in [7, 11) is 3.40. The topological polar surface area (TPSA) is 3.24 Å². The van der Waals surface area contributed by atoms with Crippen molar-refractivity contribution < 1.29 is 0 Å². The number of hydrogen-bond donors (Lipinski definition) is 0. The Kier molecular flexibility index (Phi) is 5.50. The minimum atomic E-state index is -0.795. The van der Waals surface area contributed by atoms with Gasteiger partial charge in [0.05, 0.1) is 8.80 Å². The molecule has 2 heteroatoms. The average Bonchev–Trinajstić information content (AvgIpc) is 2.01. The molecule has 0 radical (unpaired) electrons. The smallest absolute Gasteiger partial charge is 0.0714 e. The molecule has 0 bridgehead atoms. The van der Waals surface area contributed by atoms with E-state index in [-0.39, 0.29) is 0 Å².